The van der Waals surface area contributed by atoms with Crippen LogP contribution in [0.1, 0.15) is 0 Å². The van der Waals surface area contributed by atoms with Gasteiger partial charge in [0.25, 0.3) is 0 Å². The number of rotatable bonds is 2. The fourth-order valence-corrected chi connectivity index (χ4v) is 2.48. The Morgan fingerprint density at radius 1 is 0.522 bits per heavy atom. The maximum Gasteiger partial charge on any atom is 2.00 e. The third-order valence-electron chi connectivity index (χ3n) is 3.54. The standard InChI is InChI=1S/C17H13.C5H5.Fe/c1-3-8-14(9-4-1)16-12-7-13-17(16)15-10-5-2-6-11-15;1-2-4-5-3-1;/h1-13H;1-5H;/q2*-1;+2. The summed E-state index contributed by atoms with van der Waals surface area (Å²) >= 11 is 0. The quantitative estimate of drug-likeness (QED) is 0.304. The Labute approximate surface area is 148 Å². The topological polar surface area (TPSA) is 0 Å². The van der Waals surface area contributed by atoms with Crippen LogP contribution >= 0.6 is 0 Å². The molecule has 0 radical (unpaired) electrons. The number of benzene rings is 2. The van der Waals surface area contributed by atoms with E-state index in [-0.39, 0.29) is 17.1 Å². The molecule has 0 amide bonds. The van der Waals surface area contributed by atoms with Crippen LogP contribution in [0.3, 0.4) is 0 Å². The van der Waals surface area contributed by atoms with Gasteiger partial charge in [0.05, 0.1) is 0 Å². The Hall–Kier alpha value is -2.34. The van der Waals surface area contributed by atoms with E-state index in [0.29, 0.717) is 0 Å². The average Bonchev–Trinajstić information content (AvgIpc) is 3.31. The fourth-order valence-electron chi connectivity index (χ4n) is 2.48. The van der Waals surface area contributed by atoms with E-state index in [1.807, 2.05) is 30.3 Å². The second kappa shape index (κ2) is 8.95. The molecule has 0 heterocycles. The summed E-state index contributed by atoms with van der Waals surface area (Å²) in [5.74, 6) is 0. The second-order valence-corrected chi connectivity index (χ2v) is 5.05. The van der Waals surface area contributed by atoms with Gasteiger partial charge >= 0.3 is 17.1 Å². The molecule has 0 unspecified atom stereocenters. The van der Waals surface area contributed by atoms with Gasteiger partial charge in [0.2, 0.25) is 0 Å². The first-order valence-corrected chi connectivity index (χ1v) is 7.48. The molecule has 0 fully saturated rings. The van der Waals surface area contributed by atoms with Crippen molar-refractivity contribution in [2.45, 2.75) is 0 Å². The molecule has 0 saturated carbocycles. The van der Waals surface area contributed by atoms with Crippen LogP contribution in [0.2, 0.25) is 0 Å². The molecule has 0 spiro atoms. The molecular weight excluding hydrogens is 320 g/mol. The van der Waals surface area contributed by atoms with Crippen molar-refractivity contribution in [2.24, 2.45) is 0 Å². The van der Waals surface area contributed by atoms with Gasteiger partial charge in [-0.15, -0.1) is 17.2 Å². The van der Waals surface area contributed by atoms with Gasteiger partial charge < -0.3 is 0 Å². The van der Waals surface area contributed by atoms with Crippen LogP contribution in [0.25, 0.3) is 22.3 Å². The minimum atomic E-state index is 0. The maximum atomic E-state index is 2.18. The van der Waals surface area contributed by atoms with E-state index in [9.17, 15) is 0 Å². The van der Waals surface area contributed by atoms with E-state index in [2.05, 4.69) is 78.9 Å². The third-order valence-corrected chi connectivity index (χ3v) is 3.54. The van der Waals surface area contributed by atoms with Crippen molar-refractivity contribution in [3.05, 3.63) is 109 Å². The molecule has 0 aliphatic rings. The van der Waals surface area contributed by atoms with Crippen LogP contribution in [0.4, 0.5) is 0 Å². The molecule has 1 heteroatoms. The summed E-state index contributed by atoms with van der Waals surface area (Å²) in [6.07, 6.45) is 0. The van der Waals surface area contributed by atoms with Crippen molar-refractivity contribution in [2.75, 3.05) is 0 Å². The summed E-state index contributed by atoms with van der Waals surface area (Å²) in [7, 11) is 0. The molecular formula is C22H18Fe. The summed E-state index contributed by atoms with van der Waals surface area (Å²) < 4.78 is 0. The molecule has 23 heavy (non-hydrogen) atoms. The molecule has 0 aliphatic carbocycles. The van der Waals surface area contributed by atoms with Crippen molar-refractivity contribution >= 4 is 0 Å². The largest absolute Gasteiger partial charge is 2.00 e. The molecule has 0 bridgehead atoms. The fraction of sp³-hybridized carbons (Fsp3) is 0. The van der Waals surface area contributed by atoms with Crippen LogP contribution in [-0.2, 0) is 17.1 Å². The average molecular weight is 338 g/mol. The molecule has 114 valence electrons. The van der Waals surface area contributed by atoms with Gasteiger partial charge in [-0.05, 0) is 0 Å². The van der Waals surface area contributed by atoms with E-state index < -0.39 is 0 Å². The second-order valence-electron chi connectivity index (χ2n) is 5.05. The molecule has 0 aliphatic heterocycles. The molecule has 0 saturated heterocycles. The van der Waals surface area contributed by atoms with Gasteiger partial charge in [-0.25, -0.2) is 12.1 Å². The van der Waals surface area contributed by atoms with Gasteiger partial charge in [-0.3, -0.25) is 0 Å². The van der Waals surface area contributed by atoms with Crippen LogP contribution in [0.15, 0.2) is 109 Å². The first kappa shape index (κ1) is 17.0. The van der Waals surface area contributed by atoms with Crippen LogP contribution in [0.5, 0.6) is 0 Å². The molecule has 4 rings (SSSR count). The smallest absolute Gasteiger partial charge is 0.214 e. The summed E-state index contributed by atoms with van der Waals surface area (Å²) in [5, 5.41) is 0. The maximum absolute atomic E-state index is 2.18. The third kappa shape index (κ3) is 4.56. The number of hydrogen-bond donors (Lipinski definition) is 0. The van der Waals surface area contributed by atoms with Gasteiger partial charge in [-0.1, -0.05) is 71.8 Å². The first-order valence-electron chi connectivity index (χ1n) is 7.48. The summed E-state index contributed by atoms with van der Waals surface area (Å²) in [4.78, 5) is 0. The zero-order chi connectivity index (χ0) is 15.0. The van der Waals surface area contributed by atoms with E-state index in [1.54, 1.807) is 0 Å². The Morgan fingerprint density at radius 2 is 1.09 bits per heavy atom. The van der Waals surface area contributed by atoms with Crippen LogP contribution in [-0.4, -0.2) is 0 Å². The molecule has 0 atom stereocenters. The Balaban J connectivity index is 0.000000276. The minimum absolute atomic E-state index is 0. The van der Waals surface area contributed by atoms with E-state index in [0.717, 1.165) is 0 Å². The van der Waals surface area contributed by atoms with E-state index >= 15 is 0 Å². The Kier molecular flexibility index (Phi) is 6.62. The predicted octanol–water partition coefficient (Wildman–Crippen LogP) is 6.14. The van der Waals surface area contributed by atoms with Crippen molar-refractivity contribution in [3.8, 4) is 22.3 Å². The molecule has 4 aromatic rings. The van der Waals surface area contributed by atoms with Gasteiger partial charge in [-0.2, -0.15) is 30.3 Å². The van der Waals surface area contributed by atoms with Crippen molar-refractivity contribution in [1.82, 2.24) is 0 Å². The summed E-state index contributed by atoms with van der Waals surface area (Å²) in [6, 6.07) is 37.5. The predicted molar refractivity (Wildman–Crippen MR) is 94.9 cm³/mol. The SMILES string of the molecule is [Fe+2].c1cc[cH-]c1.c1ccc(-c2cc[cH-]c2-c2ccccc2)cc1. The van der Waals surface area contributed by atoms with Gasteiger partial charge in [0, 0.05) is 0 Å². The zero-order valence-corrected chi connectivity index (χ0v) is 13.9. The van der Waals surface area contributed by atoms with Crippen molar-refractivity contribution in [3.63, 3.8) is 0 Å². The summed E-state index contributed by atoms with van der Waals surface area (Å²) in [6.45, 7) is 0. The molecule has 0 N–H and O–H groups in total. The Bertz CT molecular complexity index is 694. The molecule has 0 nitrogen and oxygen atoms in total. The summed E-state index contributed by atoms with van der Waals surface area (Å²) in [5.41, 5.74) is 5.15. The minimum Gasteiger partial charge on any atom is -0.214 e. The van der Waals surface area contributed by atoms with Crippen molar-refractivity contribution in [1.29, 1.82) is 0 Å². The van der Waals surface area contributed by atoms with Crippen LogP contribution in [0, 0.1) is 0 Å². The van der Waals surface area contributed by atoms with E-state index in [1.165, 1.54) is 22.3 Å². The Morgan fingerprint density at radius 3 is 1.61 bits per heavy atom. The normalized spacial score (nSPS) is 9.39. The first-order chi connectivity index (χ1) is 10.9. The monoisotopic (exact) mass is 338 g/mol. The molecule has 4 aromatic carbocycles. The van der Waals surface area contributed by atoms with E-state index in [4.69, 9.17) is 0 Å². The van der Waals surface area contributed by atoms with Gasteiger partial charge in [0.1, 0.15) is 0 Å². The number of hydrogen-bond acceptors (Lipinski definition) is 0. The van der Waals surface area contributed by atoms with Crippen LogP contribution < -0.4 is 0 Å². The zero-order valence-electron chi connectivity index (χ0n) is 12.7. The molecule has 0 aromatic heterocycles. The van der Waals surface area contributed by atoms with Gasteiger partial charge in [0.15, 0.2) is 0 Å². The van der Waals surface area contributed by atoms with Crippen molar-refractivity contribution < 1.29 is 17.1 Å².